The third-order valence-corrected chi connectivity index (χ3v) is 4.05. The van der Waals surface area contributed by atoms with Crippen LogP contribution in [-0.4, -0.2) is 35.9 Å². The summed E-state index contributed by atoms with van der Waals surface area (Å²) in [7, 11) is 0. The molecule has 0 saturated heterocycles. The zero-order valence-corrected chi connectivity index (χ0v) is 13.1. The fraction of sp³-hybridized carbons (Fsp3) is 0.467. The minimum absolute atomic E-state index is 0.0192. The predicted octanol–water partition coefficient (Wildman–Crippen LogP) is 1.64. The molecule has 22 heavy (non-hydrogen) atoms. The van der Waals surface area contributed by atoms with Crippen LogP contribution in [0.1, 0.15) is 32.3 Å². The molecule has 0 fully saturated rings. The van der Waals surface area contributed by atoms with Crippen molar-refractivity contribution in [3.05, 3.63) is 36.3 Å². The summed E-state index contributed by atoms with van der Waals surface area (Å²) in [5, 5.41) is 8.92. The van der Waals surface area contributed by atoms with Crippen molar-refractivity contribution in [3.63, 3.8) is 0 Å². The van der Waals surface area contributed by atoms with Gasteiger partial charge in [-0.3, -0.25) is 0 Å². The number of aromatic nitrogens is 6. The average molecular weight is 297 g/mol. The lowest BCUT2D eigenvalue weighted by molar-refractivity contribution is 0.510. The van der Waals surface area contributed by atoms with Crippen LogP contribution in [0.4, 0.5) is 5.82 Å². The van der Waals surface area contributed by atoms with Crippen molar-refractivity contribution >= 4 is 11.3 Å². The van der Waals surface area contributed by atoms with Gasteiger partial charge in [0.05, 0.1) is 18.8 Å². The number of anilines is 1. The Morgan fingerprint density at radius 3 is 2.82 bits per heavy atom. The third kappa shape index (κ3) is 2.04. The first kappa shape index (κ1) is 13.2. The molecule has 4 rings (SSSR count). The van der Waals surface area contributed by atoms with Crippen LogP contribution in [0.5, 0.6) is 0 Å². The first-order valence-corrected chi connectivity index (χ1v) is 7.49. The van der Waals surface area contributed by atoms with E-state index in [1.54, 1.807) is 12.5 Å². The van der Waals surface area contributed by atoms with E-state index < -0.39 is 0 Å². The minimum Gasteiger partial charge on any atom is -0.345 e. The van der Waals surface area contributed by atoms with Gasteiger partial charge in [0.15, 0.2) is 5.82 Å². The van der Waals surface area contributed by atoms with Gasteiger partial charge in [0.1, 0.15) is 17.7 Å². The molecule has 4 heterocycles. The Balaban J connectivity index is 1.78. The largest absolute Gasteiger partial charge is 0.345 e. The molecular weight excluding hydrogens is 278 g/mol. The van der Waals surface area contributed by atoms with E-state index in [0.29, 0.717) is 0 Å². The number of hydrogen-bond acceptors (Lipinski definition) is 5. The molecule has 7 nitrogen and oxygen atoms in total. The summed E-state index contributed by atoms with van der Waals surface area (Å²) in [6, 6.07) is 2.14. The van der Waals surface area contributed by atoms with Crippen molar-refractivity contribution in [2.24, 2.45) is 0 Å². The first-order valence-electron chi connectivity index (χ1n) is 7.49. The number of rotatable bonds is 1. The van der Waals surface area contributed by atoms with Crippen molar-refractivity contribution in [1.82, 2.24) is 29.4 Å². The Labute approximate surface area is 128 Å². The van der Waals surface area contributed by atoms with Gasteiger partial charge >= 0.3 is 0 Å². The third-order valence-electron chi connectivity index (χ3n) is 4.05. The van der Waals surface area contributed by atoms with Gasteiger partial charge in [-0.1, -0.05) is 20.8 Å². The fourth-order valence-electron chi connectivity index (χ4n) is 2.76. The van der Waals surface area contributed by atoms with Gasteiger partial charge in [-0.05, 0) is 6.07 Å². The summed E-state index contributed by atoms with van der Waals surface area (Å²) in [6.07, 6.45) is 5.32. The highest BCUT2D eigenvalue weighted by atomic mass is 15.4. The van der Waals surface area contributed by atoms with E-state index in [9.17, 15) is 0 Å². The standard InChI is InChI=1S/C15H19N7/c1-15(2,3)12-8-11-14(16-4-5-21(11)19-12)20-6-7-22-13(9-20)17-10-18-22/h4-5,8,10H,6-7,9H2,1-3H3. The maximum Gasteiger partial charge on any atom is 0.155 e. The van der Waals surface area contributed by atoms with Crippen molar-refractivity contribution in [2.45, 2.75) is 39.3 Å². The van der Waals surface area contributed by atoms with Gasteiger partial charge < -0.3 is 4.90 Å². The molecule has 0 aromatic carbocycles. The molecule has 0 radical (unpaired) electrons. The van der Waals surface area contributed by atoms with Crippen LogP contribution in [0.15, 0.2) is 24.8 Å². The molecule has 0 unspecified atom stereocenters. The summed E-state index contributed by atoms with van der Waals surface area (Å²) < 4.78 is 3.87. The maximum absolute atomic E-state index is 4.69. The molecule has 0 saturated carbocycles. The van der Waals surface area contributed by atoms with Gasteiger partial charge in [0.2, 0.25) is 0 Å². The molecule has 3 aromatic rings. The second-order valence-corrected chi connectivity index (χ2v) is 6.68. The van der Waals surface area contributed by atoms with E-state index in [4.69, 9.17) is 5.10 Å². The normalized spacial score (nSPS) is 15.3. The highest BCUT2D eigenvalue weighted by Crippen LogP contribution is 2.27. The molecule has 3 aromatic heterocycles. The Morgan fingerprint density at radius 2 is 2.00 bits per heavy atom. The zero-order chi connectivity index (χ0) is 15.3. The predicted molar refractivity (Wildman–Crippen MR) is 82.8 cm³/mol. The maximum atomic E-state index is 4.69. The second kappa shape index (κ2) is 4.53. The lowest BCUT2D eigenvalue weighted by Gasteiger charge is -2.27. The Kier molecular flexibility index (Phi) is 2.72. The number of fused-ring (bicyclic) bond motifs is 2. The summed E-state index contributed by atoms with van der Waals surface area (Å²) in [6.45, 7) is 8.95. The van der Waals surface area contributed by atoms with Crippen LogP contribution in [0, 0.1) is 0 Å². The second-order valence-electron chi connectivity index (χ2n) is 6.68. The molecule has 0 atom stereocenters. The van der Waals surface area contributed by atoms with E-state index in [-0.39, 0.29) is 5.41 Å². The molecule has 0 amide bonds. The van der Waals surface area contributed by atoms with Crippen LogP contribution >= 0.6 is 0 Å². The lowest BCUT2D eigenvalue weighted by Crippen LogP contribution is -2.35. The summed E-state index contributed by atoms with van der Waals surface area (Å²) in [5.74, 6) is 1.94. The summed E-state index contributed by atoms with van der Waals surface area (Å²) in [4.78, 5) is 11.2. The number of nitrogens with zero attached hydrogens (tertiary/aromatic N) is 7. The first-order chi connectivity index (χ1) is 10.5. The summed E-state index contributed by atoms with van der Waals surface area (Å²) in [5.41, 5.74) is 2.13. The smallest absolute Gasteiger partial charge is 0.155 e. The average Bonchev–Trinajstić information content (AvgIpc) is 3.11. The quantitative estimate of drug-likeness (QED) is 0.683. The van der Waals surface area contributed by atoms with Gasteiger partial charge in [-0.2, -0.15) is 10.2 Å². The zero-order valence-electron chi connectivity index (χ0n) is 13.1. The van der Waals surface area contributed by atoms with Gasteiger partial charge in [0, 0.05) is 24.4 Å². The van der Waals surface area contributed by atoms with E-state index in [0.717, 1.165) is 42.5 Å². The summed E-state index contributed by atoms with van der Waals surface area (Å²) >= 11 is 0. The lowest BCUT2D eigenvalue weighted by atomic mass is 9.92. The minimum atomic E-state index is 0.0192. The molecule has 1 aliphatic rings. The van der Waals surface area contributed by atoms with Crippen molar-refractivity contribution in [1.29, 1.82) is 0 Å². The van der Waals surface area contributed by atoms with Crippen molar-refractivity contribution < 1.29 is 0 Å². The molecule has 0 aliphatic carbocycles. The Morgan fingerprint density at radius 1 is 1.14 bits per heavy atom. The van der Waals surface area contributed by atoms with Crippen LogP contribution in [-0.2, 0) is 18.5 Å². The SMILES string of the molecule is CC(C)(C)c1cc2c(N3CCn4ncnc4C3)nccn2n1. The molecule has 0 spiro atoms. The topological polar surface area (TPSA) is 64.1 Å². The monoisotopic (exact) mass is 297 g/mol. The fourth-order valence-corrected chi connectivity index (χ4v) is 2.76. The van der Waals surface area contributed by atoms with Crippen LogP contribution in [0.2, 0.25) is 0 Å². The Hall–Kier alpha value is -2.44. The van der Waals surface area contributed by atoms with Crippen LogP contribution < -0.4 is 4.90 Å². The highest BCUT2D eigenvalue weighted by molar-refractivity contribution is 5.69. The van der Waals surface area contributed by atoms with E-state index >= 15 is 0 Å². The van der Waals surface area contributed by atoms with Crippen molar-refractivity contribution in [2.75, 3.05) is 11.4 Å². The van der Waals surface area contributed by atoms with E-state index in [2.05, 4.69) is 46.8 Å². The molecule has 0 bridgehead atoms. The Bertz CT molecular complexity index is 824. The molecule has 1 aliphatic heterocycles. The molecular formula is C15H19N7. The van der Waals surface area contributed by atoms with Crippen LogP contribution in [0.25, 0.3) is 5.52 Å². The van der Waals surface area contributed by atoms with Gasteiger partial charge in [-0.15, -0.1) is 0 Å². The molecule has 114 valence electrons. The van der Waals surface area contributed by atoms with E-state index in [1.807, 2.05) is 15.4 Å². The number of hydrogen-bond donors (Lipinski definition) is 0. The van der Waals surface area contributed by atoms with Gasteiger partial charge in [0.25, 0.3) is 0 Å². The van der Waals surface area contributed by atoms with E-state index in [1.165, 1.54) is 0 Å². The molecule has 0 N–H and O–H groups in total. The van der Waals surface area contributed by atoms with Crippen LogP contribution in [0.3, 0.4) is 0 Å². The van der Waals surface area contributed by atoms with Crippen molar-refractivity contribution in [3.8, 4) is 0 Å². The van der Waals surface area contributed by atoms with Gasteiger partial charge in [-0.25, -0.2) is 19.2 Å². The molecule has 7 heteroatoms. The highest BCUT2D eigenvalue weighted by Gasteiger charge is 2.23.